The number of carboxylic acid groups (broad SMARTS) is 1. The van der Waals surface area contributed by atoms with Gasteiger partial charge in [0.05, 0.1) is 6.52 Å². The first-order valence-corrected chi connectivity index (χ1v) is 4.58. The fourth-order valence-electron chi connectivity index (χ4n) is 1.17. The van der Waals surface area contributed by atoms with E-state index < -0.39 is 18.5 Å². The van der Waals surface area contributed by atoms with E-state index in [9.17, 15) is 4.79 Å². The van der Waals surface area contributed by atoms with Crippen LogP contribution in [0.5, 0.6) is 0 Å². The average Bonchev–Trinajstić information content (AvgIpc) is 2.30. The van der Waals surface area contributed by atoms with E-state index in [0.29, 0.717) is 5.56 Å². The molecule has 0 fully saturated rings. The minimum atomic E-state index is -1.05. The first kappa shape index (κ1) is 10.5. The highest BCUT2D eigenvalue weighted by Gasteiger charge is 2.11. The van der Waals surface area contributed by atoms with Crippen molar-refractivity contribution in [3.8, 4) is 0 Å². The van der Waals surface area contributed by atoms with Crippen LogP contribution in [-0.4, -0.2) is 17.1 Å². The predicted molar refractivity (Wildman–Crippen MR) is 58.6 cm³/mol. The predicted octanol–water partition coefficient (Wildman–Crippen LogP) is 1.45. The number of carbonyl (C=O) groups is 1. The van der Waals surface area contributed by atoms with Gasteiger partial charge in [0.25, 0.3) is 0 Å². The van der Waals surface area contributed by atoms with Gasteiger partial charge in [-0.2, -0.15) is 0 Å². The third kappa shape index (κ3) is 3.61. The summed E-state index contributed by atoms with van der Waals surface area (Å²) in [6.45, 7) is -0.984. The van der Waals surface area contributed by atoms with Crippen molar-refractivity contribution < 1.29 is 11.3 Å². The molecule has 0 radical (unpaired) electrons. The molecule has 0 saturated heterocycles. The maximum atomic E-state index is 10.6. The van der Waals surface area contributed by atoms with Crippen LogP contribution in [0.15, 0.2) is 29.4 Å². The zero-order chi connectivity index (χ0) is 12.8. The van der Waals surface area contributed by atoms with E-state index in [4.69, 9.17) is 17.7 Å². The van der Waals surface area contributed by atoms with Crippen molar-refractivity contribution in [2.24, 2.45) is 10.8 Å². The van der Waals surface area contributed by atoms with Gasteiger partial charge >= 0.3 is 5.97 Å². The number of hydrogen-bond acceptors (Lipinski definition) is 3. The number of benzene rings is 1. The summed E-state index contributed by atoms with van der Waals surface area (Å²) in [6.07, 6.45) is 0.222. The lowest BCUT2D eigenvalue weighted by Gasteiger charge is -2.06. The zero-order valence-corrected chi connectivity index (χ0v) is 8.45. The van der Waals surface area contributed by atoms with Crippen LogP contribution < -0.4 is 5.73 Å². The van der Waals surface area contributed by atoms with Crippen LogP contribution in [0.3, 0.4) is 0 Å². The maximum Gasteiger partial charge on any atom is 0.320 e. The summed E-state index contributed by atoms with van der Waals surface area (Å²) in [5.41, 5.74) is 14.9. The molecule has 0 saturated carbocycles. The topological polar surface area (TPSA) is 112 Å². The van der Waals surface area contributed by atoms with Gasteiger partial charge in [0.2, 0.25) is 0 Å². The van der Waals surface area contributed by atoms with Crippen molar-refractivity contribution in [3.05, 3.63) is 45.8 Å². The van der Waals surface area contributed by atoms with Gasteiger partial charge in [0.1, 0.15) is 6.04 Å². The lowest BCUT2D eigenvalue weighted by Crippen LogP contribution is -2.32. The Balaban J connectivity index is 2.74. The first-order valence-electron chi connectivity index (χ1n) is 5.16. The highest BCUT2D eigenvalue weighted by atomic mass is 16.4. The molecule has 2 atom stereocenters. The number of aliphatic carboxylic acids is 1. The van der Waals surface area contributed by atoms with E-state index in [1.165, 1.54) is 0 Å². The molecule has 84 valence electrons. The molecule has 1 aromatic carbocycles. The molecule has 0 heterocycles. The zero-order valence-electron chi connectivity index (χ0n) is 9.45. The third-order valence-corrected chi connectivity index (χ3v) is 2.01. The van der Waals surface area contributed by atoms with Gasteiger partial charge in [-0.25, -0.2) is 0 Å². The minimum absolute atomic E-state index is 0.222. The maximum absolute atomic E-state index is 10.6. The fourth-order valence-corrected chi connectivity index (χ4v) is 1.17. The molecule has 16 heavy (non-hydrogen) atoms. The van der Waals surface area contributed by atoms with Gasteiger partial charge < -0.3 is 10.8 Å². The second-order valence-electron chi connectivity index (χ2n) is 3.22. The SMILES string of the molecule is [2H]C(N=[N+]=[N-])c1ccc(C[C@H](N)C(=O)O)cc1. The van der Waals surface area contributed by atoms with Crippen LogP contribution in [-0.2, 0) is 17.7 Å². The summed E-state index contributed by atoms with van der Waals surface area (Å²) in [5.74, 6) is -1.05. The van der Waals surface area contributed by atoms with Gasteiger partial charge in [0, 0.05) is 6.28 Å². The molecular formula is C10H12N4O2. The monoisotopic (exact) mass is 221 g/mol. The second kappa shape index (κ2) is 5.75. The average molecular weight is 221 g/mol. The molecular weight excluding hydrogens is 208 g/mol. The lowest BCUT2D eigenvalue weighted by atomic mass is 10.0. The molecule has 3 N–H and O–H groups in total. The molecule has 0 amide bonds. The van der Waals surface area contributed by atoms with Gasteiger partial charge in [-0.1, -0.05) is 29.4 Å². The standard InChI is InChI=1S/C10H12N4O2/c11-9(10(15)16)5-7-1-3-8(4-2-7)6-13-14-12/h1-4,9H,5-6,11H2,(H,15,16)/t9-/m0/s1/i6D/t6?,9-. The number of nitrogens with two attached hydrogens (primary N) is 1. The van der Waals surface area contributed by atoms with Crippen molar-refractivity contribution in [3.63, 3.8) is 0 Å². The first-order chi connectivity index (χ1) is 8.04. The van der Waals surface area contributed by atoms with Crippen LogP contribution in [0.2, 0.25) is 0 Å². The van der Waals surface area contributed by atoms with Crippen LogP contribution in [0.25, 0.3) is 10.4 Å². The van der Waals surface area contributed by atoms with Gasteiger partial charge in [-0.05, 0) is 23.1 Å². The summed E-state index contributed by atoms with van der Waals surface area (Å²) < 4.78 is 7.45. The van der Waals surface area contributed by atoms with E-state index >= 15 is 0 Å². The smallest absolute Gasteiger partial charge is 0.320 e. The largest absolute Gasteiger partial charge is 0.480 e. The van der Waals surface area contributed by atoms with Gasteiger partial charge in [0.15, 0.2) is 0 Å². The number of rotatable bonds is 5. The Labute approximate surface area is 93.7 Å². The second-order valence-corrected chi connectivity index (χ2v) is 3.22. The molecule has 0 aliphatic rings. The van der Waals surface area contributed by atoms with E-state index in [1.807, 2.05) is 0 Å². The molecule has 1 unspecified atom stereocenters. The Hall–Kier alpha value is -2.04. The minimum Gasteiger partial charge on any atom is -0.480 e. The Morgan fingerprint density at radius 2 is 2.12 bits per heavy atom. The molecule has 0 aromatic heterocycles. The van der Waals surface area contributed by atoms with Crippen molar-refractivity contribution in [1.82, 2.24) is 0 Å². The van der Waals surface area contributed by atoms with E-state index in [0.717, 1.165) is 5.56 Å². The van der Waals surface area contributed by atoms with E-state index in [1.54, 1.807) is 24.3 Å². The molecule has 6 heteroatoms. The van der Waals surface area contributed by atoms with Crippen molar-refractivity contribution in [2.75, 3.05) is 0 Å². The van der Waals surface area contributed by atoms with E-state index in [2.05, 4.69) is 10.0 Å². The molecule has 0 aliphatic carbocycles. The number of nitrogens with zero attached hydrogens (tertiary/aromatic N) is 3. The summed E-state index contributed by atoms with van der Waals surface area (Å²) in [6, 6.07) is 5.65. The summed E-state index contributed by atoms with van der Waals surface area (Å²) in [5, 5.41) is 11.9. The van der Waals surface area contributed by atoms with Crippen LogP contribution in [0.4, 0.5) is 0 Å². The highest BCUT2D eigenvalue weighted by Crippen LogP contribution is 2.07. The summed E-state index contributed by atoms with van der Waals surface area (Å²) in [7, 11) is 0. The Morgan fingerprint density at radius 3 is 2.62 bits per heavy atom. The van der Waals surface area contributed by atoms with Crippen molar-refractivity contribution in [2.45, 2.75) is 19.0 Å². The number of carboxylic acids is 1. The van der Waals surface area contributed by atoms with Crippen LogP contribution >= 0.6 is 0 Å². The normalized spacial score (nSPS) is 14.4. The molecule has 6 nitrogen and oxygen atoms in total. The molecule has 0 bridgehead atoms. The molecule has 0 aliphatic heterocycles. The van der Waals surface area contributed by atoms with Crippen LogP contribution in [0, 0.1) is 0 Å². The Kier molecular flexibility index (Phi) is 3.76. The molecule has 1 rings (SSSR count). The van der Waals surface area contributed by atoms with Crippen molar-refractivity contribution >= 4 is 5.97 Å². The van der Waals surface area contributed by atoms with Gasteiger partial charge in [-0.3, -0.25) is 4.79 Å². The van der Waals surface area contributed by atoms with Gasteiger partial charge in [-0.15, -0.1) is 0 Å². The van der Waals surface area contributed by atoms with Crippen molar-refractivity contribution in [1.29, 1.82) is 0 Å². The lowest BCUT2D eigenvalue weighted by molar-refractivity contribution is -0.138. The molecule has 0 spiro atoms. The quantitative estimate of drug-likeness (QED) is 0.445. The molecule has 1 aromatic rings. The third-order valence-electron chi connectivity index (χ3n) is 2.01. The summed E-state index contributed by atoms with van der Waals surface area (Å²) in [4.78, 5) is 13.1. The highest BCUT2D eigenvalue weighted by molar-refractivity contribution is 5.73. The Morgan fingerprint density at radius 1 is 1.56 bits per heavy atom. The van der Waals surface area contributed by atoms with E-state index in [-0.39, 0.29) is 6.42 Å². The number of azide groups is 1. The Bertz CT molecular complexity index is 442. The fraction of sp³-hybridized carbons (Fsp3) is 0.300. The number of hydrogen-bond donors (Lipinski definition) is 2. The van der Waals surface area contributed by atoms with Crippen LogP contribution in [0.1, 0.15) is 12.5 Å². The summed E-state index contributed by atoms with van der Waals surface area (Å²) >= 11 is 0.